The van der Waals surface area contributed by atoms with E-state index in [0.29, 0.717) is 0 Å². The summed E-state index contributed by atoms with van der Waals surface area (Å²) in [5.41, 5.74) is -1.54. The third-order valence-corrected chi connectivity index (χ3v) is 8.33. The number of phenolic OH excluding ortho intramolecular Hbond substituents is 9. The first-order valence-corrected chi connectivity index (χ1v) is 14.2. The van der Waals surface area contributed by atoms with Gasteiger partial charge in [0.15, 0.2) is 46.2 Å². The van der Waals surface area contributed by atoms with Crippen LogP contribution < -0.4 is 14.2 Å². The van der Waals surface area contributed by atoms with E-state index in [-0.39, 0.29) is 57.2 Å². The van der Waals surface area contributed by atoms with Gasteiger partial charge < -0.3 is 70.0 Å². The second-order valence-corrected chi connectivity index (χ2v) is 11.3. The topological polar surface area (TPSA) is 239 Å². The summed E-state index contributed by atoms with van der Waals surface area (Å²) < 4.78 is 23.9. The minimum Gasteiger partial charge on any atom is -0.508 e. The van der Waals surface area contributed by atoms with Crippen LogP contribution in [-0.2, 0) is 16.8 Å². The first kappa shape index (κ1) is 32.8. The molecule has 1 heterocycles. The molecule has 0 fully saturated rings. The van der Waals surface area contributed by atoms with Gasteiger partial charge in [0.1, 0.15) is 40.6 Å². The van der Waals surface area contributed by atoms with E-state index in [2.05, 4.69) is 0 Å². The Morgan fingerprint density at radius 3 is 1.83 bits per heavy atom. The van der Waals surface area contributed by atoms with Crippen LogP contribution in [0.2, 0.25) is 0 Å². The maximum absolute atomic E-state index is 11.3. The van der Waals surface area contributed by atoms with E-state index < -0.39 is 69.9 Å². The van der Waals surface area contributed by atoms with Gasteiger partial charge in [-0.1, -0.05) is 0 Å². The number of ether oxygens (including phenoxy) is 4. The minimum atomic E-state index is -1.81. The lowest BCUT2D eigenvalue weighted by atomic mass is 9.88. The van der Waals surface area contributed by atoms with Crippen LogP contribution in [0.4, 0.5) is 0 Å². The van der Waals surface area contributed by atoms with E-state index >= 15 is 0 Å². The van der Waals surface area contributed by atoms with Crippen molar-refractivity contribution in [3.8, 4) is 80.1 Å². The number of aliphatic hydroxyl groups excluding tert-OH is 1. The van der Waals surface area contributed by atoms with Crippen LogP contribution in [0, 0.1) is 0 Å². The molecule has 5 rings (SSSR count). The van der Waals surface area contributed by atoms with E-state index in [4.69, 9.17) is 18.9 Å². The summed E-state index contributed by atoms with van der Waals surface area (Å²) in [6.07, 6.45) is -3.23. The average molecular weight is 655 g/mol. The lowest BCUT2D eigenvalue weighted by Crippen LogP contribution is -2.40. The van der Waals surface area contributed by atoms with Gasteiger partial charge in [0.25, 0.3) is 0 Å². The molecule has 0 saturated heterocycles. The number of aliphatic hydroxyl groups is 1. The van der Waals surface area contributed by atoms with Crippen LogP contribution in [0.25, 0.3) is 11.1 Å². The van der Waals surface area contributed by atoms with Crippen LogP contribution in [0.5, 0.6) is 69.0 Å². The summed E-state index contributed by atoms with van der Waals surface area (Å²) in [5.74, 6) is -5.81. The minimum absolute atomic E-state index is 0.0000198. The monoisotopic (exact) mass is 654 g/mol. The van der Waals surface area contributed by atoms with Crippen molar-refractivity contribution < 1.29 is 70.0 Å². The maximum atomic E-state index is 11.3. The molecular weight excluding hydrogens is 620 g/mol. The number of phenols is 9. The first-order chi connectivity index (χ1) is 22.1. The zero-order valence-electron chi connectivity index (χ0n) is 25.6. The van der Waals surface area contributed by atoms with Crippen LogP contribution in [0.1, 0.15) is 36.6 Å². The Balaban J connectivity index is 1.75. The van der Waals surface area contributed by atoms with Crippen molar-refractivity contribution in [2.45, 2.75) is 44.2 Å². The molecule has 0 aromatic heterocycles. The van der Waals surface area contributed by atoms with Gasteiger partial charge >= 0.3 is 0 Å². The van der Waals surface area contributed by atoms with Crippen molar-refractivity contribution in [3.63, 3.8) is 0 Å². The van der Waals surface area contributed by atoms with Gasteiger partial charge in [-0.15, -0.1) is 0 Å². The van der Waals surface area contributed by atoms with Gasteiger partial charge in [-0.3, -0.25) is 0 Å². The normalized spacial score (nSPS) is 17.6. The van der Waals surface area contributed by atoms with Crippen molar-refractivity contribution in [2.75, 3.05) is 14.2 Å². The highest BCUT2D eigenvalue weighted by atomic mass is 16.5. The van der Waals surface area contributed by atoms with E-state index in [1.165, 1.54) is 46.3 Å². The van der Waals surface area contributed by atoms with Gasteiger partial charge in [-0.25, -0.2) is 0 Å². The Labute approximate surface area is 267 Å². The zero-order chi connectivity index (χ0) is 34.5. The van der Waals surface area contributed by atoms with Crippen LogP contribution in [-0.4, -0.2) is 77.5 Å². The predicted molar refractivity (Wildman–Crippen MR) is 164 cm³/mol. The quantitative estimate of drug-likeness (QED) is 0.121. The molecule has 0 radical (unpaired) electrons. The summed E-state index contributed by atoms with van der Waals surface area (Å²) in [5, 5.41) is 104. The number of benzene rings is 4. The van der Waals surface area contributed by atoms with Crippen molar-refractivity contribution in [2.24, 2.45) is 0 Å². The first-order valence-electron chi connectivity index (χ1n) is 14.2. The van der Waals surface area contributed by atoms with Gasteiger partial charge in [-0.2, -0.15) is 0 Å². The van der Waals surface area contributed by atoms with E-state index in [9.17, 15) is 51.1 Å². The number of hydrogen-bond donors (Lipinski definition) is 10. The number of methoxy groups -OCH3 is 2. The van der Waals surface area contributed by atoms with Crippen molar-refractivity contribution >= 4 is 0 Å². The highest BCUT2D eigenvalue weighted by Crippen LogP contribution is 2.56. The number of fused-ring (bicyclic) bond motifs is 1. The molecule has 4 aromatic carbocycles. The molecule has 0 spiro atoms. The molecule has 0 aliphatic carbocycles. The summed E-state index contributed by atoms with van der Waals surface area (Å²) in [6, 6.07) is 7.86. The SMILES string of the molecule is COc1cc(O)c2c(c1-c1c(O)cc(O)cc1O[C@](C)(c1cc(O)c(O)c(O)c1)[C@@H](C)O)O[C@H](c1cc(O)c(O)c(O)c1)[C@H](OC)C2. The summed E-state index contributed by atoms with van der Waals surface area (Å²) in [7, 11) is 2.68. The van der Waals surface area contributed by atoms with E-state index in [1.807, 2.05) is 0 Å². The molecule has 0 unspecified atom stereocenters. The summed E-state index contributed by atoms with van der Waals surface area (Å²) >= 11 is 0. The Hall–Kier alpha value is -5.60. The molecule has 47 heavy (non-hydrogen) atoms. The van der Waals surface area contributed by atoms with Gasteiger partial charge in [0.05, 0.1) is 24.3 Å². The molecule has 0 amide bonds. The van der Waals surface area contributed by atoms with Crippen molar-refractivity contribution in [3.05, 3.63) is 59.2 Å². The fraction of sp³-hybridized carbons (Fsp3) is 0.273. The number of aromatic hydroxyl groups is 9. The van der Waals surface area contributed by atoms with Gasteiger partial charge in [0, 0.05) is 48.4 Å². The second-order valence-electron chi connectivity index (χ2n) is 11.3. The summed E-state index contributed by atoms with van der Waals surface area (Å²) in [6.45, 7) is 2.75. The zero-order valence-corrected chi connectivity index (χ0v) is 25.6. The van der Waals surface area contributed by atoms with Gasteiger partial charge in [-0.05, 0) is 38.1 Å². The lowest BCUT2D eigenvalue weighted by molar-refractivity contribution is -0.0361. The molecular formula is C33H34O14. The molecule has 1 aliphatic rings. The number of rotatable bonds is 8. The molecule has 4 atom stereocenters. The van der Waals surface area contributed by atoms with Gasteiger partial charge in [0.2, 0.25) is 0 Å². The maximum Gasteiger partial charge on any atom is 0.200 e. The lowest BCUT2D eigenvalue weighted by Gasteiger charge is -2.37. The Morgan fingerprint density at radius 1 is 0.723 bits per heavy atom. The van der Waals surface area contributed by atoms with Crippen LogP contribution in [0.3, 0.4) is 0 Å². The van der Waals surface area contributed by atoms with Crippen LogP contribution >= 0.6 is 0 Å². The Bertz CT molecular complexity index is 1810. The molecule has 1 aliphatic heterocycles. The molecule has 14 heteroatoms. The molecule has 14 nitrogen and oxygen atoms in total. The Morgan fingerprint density at radius 2 is 1.30 bits per heavy atom. The molecule has 4 aromatic rings. The number of hydrogen-bond acceptors (Lipinski definition) is 14. The molecule has 0 bridgehead atoms. The highest BCUT2D eigenvalue weighted by molar-refractivity contribution is 5.88. The van der Waals surface area contributed by atoms with E-state index in [1.54, 1.807) is 0 Å². The molecule has 0 saturated carbocycles. The van der Waals surface area contributed by atoms with Crippen molar-refractivity contribution in [1.82, 2.24) is 0 Å². The standard InChI is InChI=1S/C33H34O14/c1-13(34)33(2,15-7-22(40)30(43)23(41)8-15)47-25-10-16(35)9-19(37)27(25)28-24(44-3)12-18(36)17-11-26(45-4)31(46-32(17)28)14-5-20(38)29(42)21(39)6-14/h5-10,12-13,26,31,34-43H,11H2,1-4H3/t13-,26-,31-,33+/m1/s1. The van der Waals surface area contributed by atoms with Crippen molar-refractivity contribution in [1.29, 1.82) is 0 Å². The Kier molecular flexibility index (Phi) is 8.35. The predicted octanol–water partition coefficient (Wildman–Crippen LogP) is 4.08. The summed E-state index contributed by atoms with van der Waals surface area (Å²) in [4.78, 5) is 0. The molecule has 250 valence electrons. The molecule has 10 N–H and O–H groups in total. The third kappa shape index (κ3) is 5.57. The van der Waals surface area contributed by atoms with Crippen LogP contribution in [0.15, 0.2) is 42.5 Å². The fourth-order valence-corrected chi connectivity index (χ4v) is 5.60. The average Bonchev–Trinajstić information content (AvgIpc) is 3.01. The highest BCUT2D eigenvalue weighted by Gasteiger charge is 2.41. The third-order valence-electron chi connectivity index (χ3n) is 8.33. The second kappa shape index (κ2) is 12.0. The largest absolute Gasteiger partial charge is 0.508 e. The van der Waals surface area contributed by atoms with E-state index in [0.717, 1.165) is 24.3 Å². The smallest absolute Gasteiger partial charge is 0.200 e. The fourth-order valence-electron chi connectivity index (χ4n) is 5.60.